The first-order valence-corrected chi connectivity index (χ1v) is 6.43. The van der Waals surface area contributed by atoms with Gasteiger partial charge >= 0.3 is 12.0 Å². The number of hydrogen-bond donors (Lipinski definition) is 0. The maximum atomic E-state index is 13.3. The number of rotatable bonds is 3. The molecule has 0 saturated heterocycles. The van der Waals surface area contributed by atoms with E-state index in [0.717, 1.165) is 19.7 Å². The van der Waals surface area contributed by atoms with Gasteiger partial charge in [0, 0.05) is 11.5 Å². The van der Waals surface area contributed by atoms with Crippen molar-refractivity contribution >= 4 is 28.4 Å². The Kier molecular flexibility index (Phi) is 3.25. The summed E-state index contributed by atoms with van der Waals surface area (Å²) in [6.45, 7) is -0.398. The first-order chi connectivity index (χ1) is 10.5. The van der Waals surface area contributed by atoms with E-state index in [4.69, 9.17) is 0 Å². The molecule has 7 heteroatoms. The number of fused-ring (bicyclic) bond motifs is 2. The van der Waals surface area contributed by atoms with Crippen molar-refractivity contribution in [1.29, 1.82) is 0 Å². The van der Waals surface area contributed by atoms with Crippen LogP contribution < -0.4 is 9.67 Å². The van der Waals surface area contributed by atoms with Gasteiger partial charge in [0.15, 0.2) is 6.54 Å². The summed E-state index contributed by atoms with van der Waals surface area (Å²) in [7, 11) is 1.18. The average Bonchev–Trinajstić information content (AvgIpc) is 2.76. The zero-order chi connectivity index (χ0) is 15.9. The maximum Gasteiger partial charge on any atom is 0.374 e. The van der Waals surface area contributed by atoms with Crippen molar-refractivity contribution in [2.45, 2.75) is 6.54 Å². The molecule has 0 aliphatic carbocycles. The van der Waals surface area contributed by atoms with Crippen LogP contribution in [0.2, 0.25) is 0 Å². The number of aromatic nitrogens is 2. The molecular formula is C15H11FN2O4. The van der Waals surface area contributed by atoms with Crippen molar-refractivity contribution in [3.8, 4) is 5.88 Å². The number of hydrogen-bond acceptors (Lipinski definition) is 4. The minimum Gasteiger partial charge on any atom is -0.839 e. The summed E-state index contributed by atoms with van der Waals surface area (Å²) >= 11 is 0. The van der Waals surface area contributed by atoms with E-state index < -0.39 is 30.1 Å². The topological polar surface area (TPSA) is 74.7 Å². The number of carbonyl (C=O) groups excluding carboxylic acids is 2. The number of benzene rings is 1. The summed E-state index contributed by atoms with van der Waals surface area (Å²) in [4.78, 5) is 22.6. The van der Waals surface area contributed by atoms with Gasteiger partial charge in [0.05, 0.1) is 7.11 Å². The van der Waals surface area contributed by atoms with E-state index in [0.29, 0.717) is 0 Å². The summed E-state index contributed by atoms with van der Waals surface area (Å²) in [5, 5.41) is 13.8. The third-order valence-electron chi connectivity index (χ3n) is 3.46. The second kappa shape index (κ2) is 5.10. The third kappa shape index (κ3) is 2.07. The Hall–Kier alpha value is -2.96. The number of imidazole rings is 1. The Morgan fingerprint density at radius 3 is 2.64 bits per heavy atom. The Labute approximate surface area is 124 Å². The number of esters is 1. The summed E-state index contributed by atoms with van der Waals surface area (Å²) in [6, 6.07) is 6.95. The van der Waals surface area contributed by atoms with E-state index in [1.807, 2.05) is 12.1 Å². The lowest BCUT2D eigenvalue weighted by Crippen LogP contribution is -2.40. The third-order valence-corrected chi connectivity index (χ3v) is 3.46. The van der Waals surface area contributed by atoms with Crippen LogP contribution in [-0.2, 0) is 16.1 Å². The molecule has 0 radical (unpaired) electrons. The SMILES string of the molecule is COC(=O)C[n+]1c([O-])c(C(=O)F)n2cc3ccccc3cc21. The lowest BCUT2D eigenvalue weighted by Gasteiger charge is -2.04. The summed E-state index contributed by atoms with van der Waals surface area (Å²) in [5.74, 6) is -1.53. The fourth-order valence-corrected chi connectivity index (χ4v) is 2.42. The Balaban J connectivity index is 2.38. The Morgan fingerprint density at radius 2 is 2.00 bits per heavy atom. The predicted octanol–water partition coefficient (Wildman–Crippen LogP) is 0.736. The maximum absolute atomic E-state index is 13.3. The first-order valence-electron chi connectivity index (χ1n) is 6.43. The fraction of sp³-hybridized carbons (Fsp3) is 0.133. The lowest BCUT2D eigenvalue weighted by molar-refractivity contribution is -0.702. The Bertz CT molecular complexity index is 917. The molecule has 0 aliphatic rings. The van der Waals surface area contributed by atoms with Crippen LogP contribution >= 0.6 is 0 Å². The van der Waals surface area contributed by atoms with Gasteiger partial charge in [-0.1, -0.05) is 24.3 Å². The zero-order valence-corrected chi connectivity index (χ0v) is 11.6. The highest BCUT2D eigenvalue weighted by atomic mass is 19.1. The second-order valence-corrected chi connectivity index (χ2v) is 4.72. The number of nitrogens with zero attached hydrogens (tertiary/aromatic N) is 2. The summed E-state index contributed by atoms with van der Waals surface area (Å²) in [6.07, 6.45) is 1.49. The van der Waals surface area contributed by atoms with Crippen LogP contribution in [0.4, 0.5) is 4.39 Å². The molecule has 22 heavy (non-hydrogen) atoms. The molecule has 0 unspecified atom stereocenters. The molecule has 0 spiro atoms. The predicted molar refractivity (Wildman–Crippen MR) is 72.0 cm³/mol. The fourth-order valence-electron chi connectivity index (χ4n) is 2.42. The van der Waals surface area contributed by atoms with Gasteiger partial charge in [-0.05, 0) is 5.39 Å². The van der Waals surface area contributed by atoms with Crippen molar-refractivity contribution < 1.29 is 28.4 Å². The molecule has 0 atom stereocenters. The van der Waals surface area contributed by atoms with E-state index in [9.17, 15) is 19.1 Å². The molecule has 0 amide bonds. The van der Waals surface area contributed by atoms with E-state index in [1.165, 1.54) is 13.3 Å². The van der Waals surface area contributed by atoms with Crippen molar-refractivity contribution in [3.63, 3.8) is 0 Å². The molecule has 3 aromatic rings. The molecule has 6 nitrogen and oxygen atoms in total. The van der Waals surface area contributed by atoms with Gasteiger partial charge in [-0.25, -0.2) is 9.36 Å². The highest BCUT2D eigenvalue weighted by molar-refractivity contribution is 5.91. The molecule has 3 rings (SSSR count). The van der Waals surface area contributed by atoms with Crippen LogP contribution in [0.15, 0.2) is 36.5 Å². The quantitative estimate of drug-likeness (QED) is 0.406. The van der Waals surface area contributed by atoms with Crippen LogP contribution in [0.1, 0.15) is 10.5 Å². The second-order valence-electron chi connectivity index (χ2n) is 4.72. The molecule has 2 heterocycles. The van der Waals surface area contributed by atoms with E-state index in [2.05, 4.69) is 4.74 Å². The minimum absolute atomic E-state index is 0.245. The molecule has 112 valence electrons. The minimum atomic E-state index is -1.85. The van der Waals surface area contributed by atoms with Gasteiger partial charge in [0.2, 0.25) is 5.69 Å². The molecule has 0 fully saturated rings. The van der Waals surface area contributed by atoms with E-state index in [1.54, 1.807) is 18.2 Å². The van der Waals surface area contributed by atoms with E-state index >= 15 is 0 Å². The molecule has 0 bridgehead atoms. The molecule has 0 saturated carbocycles. The van der Waals surface area contributed by atoms with Crippen LogP contribution in [0.25, 0.3) is 16.4 Å². The molecule has 0 N–H and O–H groups in total. The number of pyridine rings is 1. The van der Waals surface area contributed by atoms with Gasteiger partial charge in [-0.15, -0.1) is 0 Å². The van der Waals surface area contributed by atoms with Gasteiger partial charge in [0.25, 0.3) is 5.65 Å². The Morgan fingerprint density at radius 1 is 1.32 bits per heavy atom. The number of methoxy groups -OCH3 is 1. The lowest BCUT2D eigenvalue weighted by atomic mass is 10.2. The van der Waals surface area contributed by atoms with Crippen molar-refractivity contribution in [2.24, 2.45) is 0 Å². The van der Waals surface area contributed by atoms with Crippen LogP contribution in [0.5, 0.6) is 5.88 Å². The smallest absolute Gasteiger partial charge is 0.374 e. The molecule has 0 aliphatic heterocycles. The highest BCUT2D eigenvalue weighted by Gasteiger charge is 2.27. The average molecular weight is 302 g/mol. The summed E-state index contributed by atoms with van der Waals surface area (Å²) in [5.41, 5.74) is -0.389. The van der Waals surface area contributed by atoms with Gasteiger partial charge in [-0.3, -0.25) is 4.79 Å². The van der Waals surface area contributed by atoms with E-state index in [-0.39, 0.29) is 5.65 Å². The summed E-state index contributed by atoms with van der Waals surface area (Å²) < 4.78 is 20.0. The molecular weight excluding hydrogens is 291 g/mol. The van der Waals surface area contributed by atoms with Gasteiger partial charge in [0.1, 0.15) is 12.1 Å². The van der Waals surface area contributed by atoms with Crippen LogP contribution in [-0.4, -0.2) is 23.5 Å². The number of ether oxygens (including phenoxy) is 1. The van der Waals surface area contributed by atoms with Crippen LogP contribution in [0.3, 0.4) is 0 Å². The monoisotopic (exact) mass is 302 g/mol. The zero-order valence-electron chi connectivity index (χ0n) is 11.6. The van der Waals surface area contributed by atoms with Crippen LogP contribution in [0, 0.1) is 0 Å². The largest absolute Gasteiger partial charge is 0.839 e. The first kappa shape index (κ1) is 14.0. The molecule has 2 aromatic heterocycles. The van der Waals surface area contributed by atoms with Crippen molar-refractivity contribution in [1.82, 2.24) is 4.40 Å². The molecule has 1 aromatic carbocycles. The normalized spacial score (nSPS) is 11.0. The number of carbonyl (C=O) groups is 2. The highest BCUT2D eigenvalue weighted by Crippen LogP contribution is 2.21. The van der Waals surface area contributed by atoms with Gasteiger partial charge < -0.3 is 9.84 Å². The van der Waals surface area contributed by atoms with Gasteiger partial charge in [-0.2, -0.15) is 8.79 Å². The number of halogens is 1. The standard InChI is InChI=1S/C15H11FN2O4/c1-22-12(19)8-18-11-6-9-4-2-3-5-10(9)7-17(11)13(14(16)20)15(18)21/h2-7H,8H2,1H3. The van der Waals surface area contributed by atoms with Crippen molar-refractivity contribution in [3.05, 3.63) is 42.2 Å². The van der Waals surface area contributed by atoms with Crippen molar-refractivity contribution in [2.75, 3.05) is 7.11 Å².